The van der Waals surface area contributed by atoms with Crippen molar-refractivity contribution >= 4 is 94.8 Å². The second-order valence-electron chi connectivity index (χ2n) is 33.9. The van der Waals surface area contributed by atoms with Crippen LogP contribution in [0, 0.1) is 49.9 Å². The number of aryl methyl sites for hydroxylation is 3. The predicted molar refractivity (Wildman–Crippen MR) is 499 cm³/mol. The molecule has 0 saturated carbocycles. The van der Waals surface area contributed by atoms with E-state index >= 15 is 22.0 Å². The van der Waals surface area contributed by atoms with Crippen LogP contribution in [-0.4, -0.2) is 228 Å². The molecule has 1 unspecified atom stereocenters. The highest BCUT2D eigenvalue weighted by atomic mass is 32.2. The first-order chi connectivity index (χ1) is 62.9. The summed E-state index contributed by atoms with van der Waals surface area (Å²) in [6.45, 7) is 36.1. The molecule has 15 rings (SSSR count). The van der Waals surface area contributed by atoms with Crippen LogP contribution in [0.2, 0.25) is 0 Å². The lowest BCUT2D eigenvalue weighted by Crippen LogP contribution is -2.54. The lowest BCUT2D eigenvalue weighted by molar-refractivity contribution is -0.127. The van der Waals surface area contributed by atoms with Crippen molar-refractivity contribution in [2.75, 3.05) is 100 Å². The fourth-order valence-electron chi connectivity index (χ4n) is 16.9. The Balaban J connectivity index is 0.000000169. The first-order valence-corrected chi connectivity index (χ1v) is 46.1. The Kier molecular flexibility index (Phi) is 28.1. The van der Waals surface area contributed by atoms with E-state index in [9.17, 15) is 56.4 Å². The minimum Gasteiger partial charge on any atom is -0.507 e. The van der Waals surface area contributed by atoms with Crippen molar-refractivity contribution in [3.8, 4) is 62.3 Å². The summed E-state index contributed by atoms with van der Waals surface area (Å²) >= 11 is 0. The monoisotopic (exact) mass is 1860 g/mol. The Morgan fingerprint density at radius 3 is 1.14 bits per heavy atom. The molecule has 133 heavy (non-hydrogen) atoms. The molecule has 694 valence electrons. The summed E-state index contributed by atoms with van der Waals surface area (Å²) < 4.78 is 120. The molecule has 3 aromatic carbocycles. The third kappa shape index (κ3) is 18.6. The number of rotatable bonds is 18. The quantitative estimate of drug-likeness (QED) is 0.0595. The molecule has 0 radical (unpaired) electrons. The molecule has 2 N–H and O–H groups in total. The number of amides is 4. The van der Waals surface area contributed by atoms with Crippen molar-refractivity contribution in [2.45, 2.75) is 129 Å². The molecule has 3 aliphatic heterocycles. The summed E-state index contributed by atoms with van der Waals surface area (Å²) in [7, 11) is -2.64. The number of halogens is 5. The predicted octanol–water partition coefficient (Wildman–Crippen LogP) is 12.4. The summed E-state index contributed by atoms with van der Waals surface area (Å²) in [4.78, 5) is 143. The Labute approximate surface area is 765 Å². The number of piperazine rings is 3. The molecule has 0 aliphatic carbocycles. The van der Waals surface area contributed by atoms with E-state index in [0.717, 1.165) is 48.2 Å². The summed E-state index contributed by atoms with van der Waals surface area (Å²) in [5.74, 6) is -7.32. The number of phenolic OH excluding ortho intramolecular Hbond substituents is 2. The number of carbonyl (C=O) groups excluding carboxylic acids is 4. The lowest BCUT2D eigenvalue weighted by Gasteiger charge is -2.40. The van der Waals surface area contributed by atoms with E-state index in [-0.39, 0.29) is 140 Å². The summed E-state index contributed by atoms with van der Waals surface area (Å²) in [6.07, 6.45) is 10.7. The molecule has 12 aromatic rings. The van der Waals surface area contributed by atoms with E-state index in [0.29, 0.717) is 95.5 Å². The van der Waals surface area contributed by atoms with Crippen LogP contribution in [0.5, 0.6) is 11.5 Å². The molecular formula is C95H100F5N19O12S2. The van der Waals surface area contributed by atoms with E-state index in [1.165, 1.54) is 49.2 Å². The number of sulfone groups is 1. The van der Waals surface area contributed by atoms with Gasteiger partial charge in [-0.1, -0.05) is 79.5 Å². The van der Waals surface area contributed by atoms with Crippen LogP contribution in [0.4, 0.5) is 39.4 Å². The third-order valence-corrected chi connectivity index (χ3v) is 25.6. The van der Waals surface area contributed by atoms with Crippen LogP contribution >= 0.6 is 0 Å². The highest BCUT2D eigenvalue weighted by Crippen LogP contribution is 2.43. The Morgan fingerprint density at radius 2 is 0.820 bits per heavy atom. The lowest BCUT2D eigenvalue weighted by atomic mass is 10.0. The number of fused-ring (bicyclic) bond motifs is 3. The highest BCUT2D eigenvalue weighted by molar-refractivity contribution is 7.90. The largest absolute Gasteiger partial charge is 0.507 e. The smallest absolute Gasteiger partial charge is 0.355 e. The van der Waals surface area contributed by atoms with Gasteiger partial charge < -0.3 is 44.5 Å². The molecule has 4 atom stereocenters. The van der Waals surface area contributed by atoms with Gasteiger partial charge in [0, 0.05) is 133 Å². The van der Waals surface area contributed by atoms with Gasteiger partial charge in [-0.25, -0.2) is 73.4 Å². The van der Waals surface area contributed by atoms with Gasteiger partial charge in [-0.2, -0.15) is 15.0 Å². The second kappa shape index (κ2) is 38.7. The number of aromatic nitrogens is 12. The molecular weight excluding hydrogens is 1760 g/mol. The molecule has 9 aromatic heterocycles. The van der Waals surface area contributed by atoms with Crippen LogP contribution in [0.3, 0.4) is 0 Å². The van der Waals surface area contributed by atoms with Crippen LogP contribution < -0.4 is 31.8 Å². The minimum atomic E-state index is -4.11. The zero-order valence-corrected chi connectivity index (χ0v) is 77.8. The number of carbonyl (C=O) groups is 4. The van der Waals surface area contributed by atoms with Gasteiger partial charge in [-0.15, -0.1) is 0 Å². The van der Waals surface area contributed by atoms with Gasteiger partial charge in [0.25, 0.3) is 5.91 Å². The van der Waals surface area contributed by atoms with Gasteiger partial charge in [-0.3, -0.25) is 38.3 Å². The third-order valence-electron chi connectivity index (χ3n) is 23.5. The average molecular weight is 1860 g/mol. The van der Waals surface area contributed by atoms with Crippen molar-refractivity contribution < 1.29 is 64.0 Å². The molecule has 38 heteroatoms. The van der Waals surface area contributed by atoms with E-state index in [1.54, 1.807) is 113 Å². The average Bonchev–Trinajstić information content (AvgIpc) is 0.738. The number of anilines is 3. The zero-order chi connectivity index (χ0) is 96.9. The number of benzene rings is 3. The van der Waals surface area contributed by atoms with E-state index < -0.39 is 106 Å². The van der Waals surface area contributed by atoms with Crippen LogP contribution in [0.15, 0.2) is 166 Å². The molecule has 4 amide bonds. The van der Waals surface area contributed by atoms with Gasteiger partial charge in [-0.05, 0) is 161 Å². The second-order valence-corrected chi connectivity index (χ2v) is 37.2. The van der Waals surface area contributed by atoms with Gasteiger partial charge in [0.15, 0.2) is 50.0 Å². The highest BCUT2D eigenvalue weighted by Gasteiger charge is 2.38. The van der Waals surface area contributed by atoms with Crippen molar-refractivity contribution in [2.24, 2.45) is 0 Å². The Hall–Kier alpha value is -14.2. The summed E-state index contributed by atoms with van der Waals surface area (Å²) in [6, 6.07) is 18.6. The first kappa shape index (κ1) is 96.4. The van der Waals surface area contributed by atoms with Crippen molar-refractivity contribution in [3.05, 3.63) is 241 Å². The molecule has 12 heterocycles. The number of nitrogens with zero attached hydrogens (tertiary/aromatic N) is 19. The van der Waals surface area contributed by atoms with Crippen LogP contribution in [0.25, 0.3) is 83.9 Å². The number of hydrogen-bond donors (Lipinski definition) is 2. The maximum absolute atomic E-state index is 16.2. The van der Waals surface area contributed by atoms with Crippen LogP contribution in [0.1, 0.15) is 124 Å². The summed E-state index contributed by atoms with van der Waals surface area (Å²) in [5.41, 5.74) is 1.04. The SMILES string of the molecule is C=CC(=O)N1CCN(c2nc(=O)n(-c3c(C)ccnc3C(C)C)c3nc(-c4c(O)ccc(S(C)(=O)=O)c4F)c(F)cc23)[C@@H](C)C1.C=CC(=O)N1CCN(c2nc(=O)n(-c3c(C)ccnc3C(C)C)c3nc(-c4c(O)ccc(S(C)=O)c4F)c(F)cc23)[C@@H](C)C1.C=CC(=O)N1CCN(c2nc(=O)n(-c3c(C)ccnc3C(C)C)c3nc(-c4ccccc4C(=O)N(C)C)c(F)cc23)[C@@H](C)C1. The number of pyridine rings is 6. The maximum Gasteiger partial charge on any atom is 0.355 e. The van der Waals surface area contributed by atoms with Gasteiger partial charge in [0.05, 0.1) is 77.1 Å². The fourth-order valence-corrected chi connectivity index (χ4v) is 18.3. The Morgan fingerprint density at radius 1 is 0.489 bits per heavy atom. The van der Waals surface area contributed by atoms with E-state index in [1.807, 2.05) is 74.1 Å². The fraction of sp³-hybridized carbons (Fsp3) is 0.326. The topological polar surface area (TPSA) is 365 Å². The number of hydrogen-bond acceptors (Lipinski definition) is 24. The molecule has 0 spiro atoms. The molecule has 3 saturated heterocycles. The molecule has 3 fully saturated rings. The minimum absolute atomic E-state index is 0.0342. The van der Waals surface area contributed by atoms with Gasteiger partial charge in [0.1, 0.15) is 56.7 Å². The van der Waals surface area contributed by atoms with Gasteiger partial charge >= 0.3 is 17.1 Å². The molecule has 31 nitrogen and oxygen atoms in total. The molecule has 0 bridgehead atoms. The zero-order valence-electron chi connectivity index (χ0n) is 76.2. The number of aromatic hydroxyl groups is 2. The maximum atomic E-state index is 16.2. The number of phenols is 2. The van der Waals surface area contributed by atoms with Crippen LogP contribution in [-0.2, 0) is 35.0 Å². The standard InChI is InChI=1S/C33H36FN7O3.C31H32F2N6O5S.C31H32F2N6O4S/c1-8-26(42)39-15-16-40(21(5)18-39)30-24-17-25(34)28(22-11-9-10-12-23(22)32(43)38(6)7)36-31(24)41(33(44)37-30)29-20(4)13-14-35-27(29)19(2)3;1-7-23(41)37-12-13-38(18(5)15-37)29-19-14-20(32)27(24-21(40)8-9-22(25(24)33)45(6,43)44)35-30(19)39(31(42)36-29)28-17(4)10-11-34-26(28)16(2)3;1-7-23(41)37-12-13-38(18(5)15-37)29-19-14-20(32)27(24-21(40)8-9-22(25(24)33)44(6)43)35-30(19)39(31(42)36-29)28-17(4)10-11-34-26(28)16(2)3/h8-14,17,19,21H,1,15-16,18H2,2-7H3;7-11,14,16,18,40H,1,12-13,15H2,2-6H3;7-11,14,16,18,40H,1,12-13,15H2,2-6H3/t21-;18-;18-,44?/m000/s1. The summed E-state index contributed by atoms with van der Waals surface area (Å²) in [5, 5.41) is 21.9. The van der Waals surface area contributed by atoms with Crippen molar-refractivity contribution in [1.29, 1.82) is 0 Å². The van der Waals surface area contributed by atoms with E-state index in [2.05, 4.69) is 59.6 Å². The van der Waals surface area contributed by atoms with Crippen molar-refractivity contribution in [1.82, 2.24) is 78.2 Å². The normalized spacial score (nSPS) is 15.6. The first-order valence-electron chi connectivity index (χ1n) is 42.6. The van der Waals surface area contributed by atoms with E-state index in [4.69, 9.17) is 4.98 Å². The molecule has 3 aliphatic rings. The van der Waals surface area contributed by atoms with Gasteiger partial charge in [0.2, 0.25) is 17.7 Å². The Bertz CT molecular complexity index is 7130. The van der Waals surface area contributed by atoms with Crippen molar-refractivity contribution in [3.63, 3.8) is 0 Å².